The van der Waals surface area contributed by atoms with Crippen molar-refractivity contribution in [1.82, 2.24) is 10.3 Å². The van der Waals surface area contributed by atoms with Crippen LogP contribution >= 0.6 is 27.3 Å². The fraction of sp³-hybridized carbons (Fsp3) is 0.308. The van der Waals surface area contributed by atoms with Gasteiger partial charge in [-0.2, -0.15) is 0 Å². The average Bonchev–Trinajstić information content (AvgIpc) is 2.74. The van der Waals surface area contributed by atoms with E-state index in [0.29, 0.717) is 5.82 Å². The fourth-order valence-corrected chi connectivity index (χ4v) is 3.51. The van der Waals surface area contributed by atoms with Crippen LogP contribution < -0.4 is 11.1 Å². The Hall–Kier alpha value is -0.910. The van der Waals surface area contributed by atoms with Crippen LogP contribution in [0.4, 0.5) is 5.82 Å². The first-order valence-corrected chi connectivity index (χ1v) is 7.44. The van der Waals surface area contributed by atoms with Crippen LogP contribution in [-0.4, -0.2) is 11.5 Å². The number of rotatable bonds is 4. The molecule has 0 aromatic carbocycles. The smallest absolute Gasteiger partial charge is 0.128 e. The molecule has 0 radical (unpaired) electrons. The second-order valence-electron chi connectivity index (χ2n) is 4.06. The zero-order chi connectivity index (χ0) is 13.1. The zero-order valence-corrected chi connectivity index (χ0v) is 12.8. The van der Waals surface area contributed by atoms with E-state index < -0.39 is 0 Å². The van der Waals surface area contributed by atoms with E-state index in [9.17, 15) is 0 Å². The van der Waals surface area contributed by atoms with Crippen LogP contribution in [0.1, 0.15) is 29.0 Å². The van der Waals surface area contributed by atoms with Gasteiger partial charge >= 0.3 is 0 Å². The van der Waals surface area contributed by atoms with Crippen molar-refractivity contribution in [3.63, 3.8) is 0 Å². The van der Waals surface area contributed by atoms with Crippen LogP contribution in [0.3, 0.4) is 0 Å². The molecule has 0 saturated carbocycles. The lowest BCUT2D eigenvalue weighted by atomic mass is 10.0. The number of nitrogens with zero attached hydrogens (tertiary/aromatic N) is 1. The molecule has 5 heteroatoms. The number of aromatic nitrogens is 1. The quantitative estimate of drug-likeness (QED) is 0.904. The van der Waals surface area contributed by atoms with Crippen LogP contribution in [-0.2, 0) is 0 Å². The van der Waals surface area contributed by atoms with Gasteiger partial charge in [0.1, 0.15) is 5.82 Å². The van der Waals surface area contributed by atoms with Gasteiger partial charge in [0, 0.05) is 16.6 Å². The molecule has 2 heterocycles. The van der Waals surface area contributed by atoms with Crippen molar-refractivity contribution in [2.45, 2.75) is 19.9 Å². The molecule has 18 heavy (non-hydrogen) atoms. The number of hydrogen-bond acceptors (Lipinski definition) is 4. The molecular formula is C13H16BrN3S. The second-order valence-corrected chi connectivity index (χ2v) is 6.55. The summed E-state index contributed by atoms with van der Waals surface area (Å²) in [5.41, 5.74) is 8.28. The summed E-state index contributed by atoms with van der Waals surface area (Å²) in [6.07, 6.45) is 1.75. The molecule has 96 valence electrons. The van der Waals surface area contributed by atoms with Gasteiger partial charge in [-0.25, -0.2) is 4.98 Å². The summed E-state index contributed by atoms with van der Waals surface area (Å²) < 4.78 is 1.13. The Morgan fingerprint density at radius 3 is 2.78 bits per heavy atom. The zero-order valence-electron chi connectivity index (χ0n) is 10.4. The molecule has 1 unspecified atom stereocenters. The Bertz CT molecular complexity index is 519. The van der Waals surface area contributed by atoms with Gasteiger partial charge in [-0.1, -0.05) is 6.92 Å². The van der Waals surface area contributed by atoms with Gasteiger partial charge < -0.3 is 11.1 Å². The first-order valence-electron chi connectivity index (χ1n) is 5.83. The third kappa shape index (κ3) is 2.74. The first-order chi connectivity index (χ1) is 8.63. The van der Waals surface area contributed by atoms with Crippen molar-refractivity contribution in [3.8, 4) is 0 Å². The maximum Gasteiger partial charge on any atom is 0.128 e. The molecule has 0 aliphatic rings. The summed E-state index contributed by atoms with van der Waals surface area (Å²) in [7, 11) is 0. The summed E-state index contributed by atoms with van der Waals surface area (Å²) in [6.45, 7) is 5.05. The number of pyridine rings is 1. The van der Waals surface area contributed by atoms with E-state index >= 15 is 0 Å². The molecule has 0 bridgehead atoms. The highest BCUT2D eigenvalue weighted by Gasteiger charge is 2.20. The van der Waals surface area contributed by atoms with Crippen molar-refractivity contribution < 1.29 is 0 Å². The van der Waals surface area contributed by atoms with E-state index in [1.165, 1.54) is 4.88 Å². The Kier molecular flexibility index (Phi) is 4.37. The molecule has 0 amide bonds. The Morgan fingerprint density at radius 1 is 1.44 bits per heavy atom. The number of nitrogens with one attached hydrogen (secondary N) is 1. The Labute approximate surface area is 120 Å². The van der Waals surface area contributed by atoms with Crippen molar-refractivity contribution in [1.29, 1.82) is 0 Å². The minimum atomic E-state index is 0.111. The van der Waals surface area contributed by atoms with Gasteiger partial charge in [0.15, 0.2) is 0 Å². The minimum absolute atomic E-state index is 0.111. The number of nitrogens with two attached hydrogens (primary N) is 1. The second kappa shape index (κ2) is 5.82. The van der Waals surface area contributed by atoms with Gasteiger partial charge in [-0.15, -0.1) is 11.3 Å². The molecular weight excluding hydrogens is 310 g/mol. The highest BCUT2D eigenvalue weighted by molar-refractivity contribution is 9.11. The maximum absolute atomic E-state index is 6.04. The lowest BCUT2D eigenvalue weighted by molar-refractivity contribution is 0.636. The Morgan fingerprint density at radius 2 is 2.22 bits per heavy atom. The normalized spacial score (nSPS) is 12.6. The van der Waals surface area contributed by atoms with Crippen molar-refractivity contribution >= 4 is 33.1 Å². The summed E-state index contributed by atoms with van der Waals surface area (Å²) in [5.74, 6) is 0.602. The molecule has 0 spiro atoms. The lowest BCUT2D eigenvalue weighted by Gasteiger charge is -2.20. The molecule has 0 saturated heterocycles. The van der Waals surface area contributed by atoms with E-state index in [4.69, 9.17) is 5.73 Å². The van der Waals surface area contributed by atoms with Crippen LogP contribution in [0.5, 0.6) is 0 Å². The SMILES string of the molecule is CCNC(c1ccc(Br)s1)c1c(C)ccnc1N. The van der Waals surface area contributed by atoms with Gasteiger partial charge in [-0.05, 0) is 53.2 Å². The van der Waals surface area contributed by atoms with Crippen molar-refractivity contribution in [2.24, 2.45) is 0 Å². The van der Waals surface area contributed by atoms with Crippen LogP contribution in [0.2, 0.25) is 0 Å². The molecule has 2 rings (SSSR count). The van der Waals surface area contributed by atoms with E-state index in [1.54, 1.807) is 17.5 Å². The number of halogens is 1. The monoisotopic (exact) mass is 325 g/mol. The minimum Gasteiger partial charge on any atom is -0.383 e. The maximum atomic E-state index is 6.04. The topological polar surface area (TPSA) is 50.9 Å². The molecule has 0 fully saturated rings. The number of thiophene rings is 1. The fourth-order valence-electron chi connectivity index (χ4n) is 2.00. The van der Waals surface area contributed by atoms with E-state index in [2.05, 4.69) is 52.2 Å². The number of hydrogen-bond donors (Lipinski definition) is 2. The summed E-state index contributed by atoms with van der Waals surface area (Å²) >= 11 is 5.22. The highest BCUT2D eigenvalue weighted by Crippen LogP contribution is 2.34. The van der Waals surface area contributed by atoms with Gasteiger partial charge in [0.2, 0.25) is 0 Å². The van der Waals surface area contributed by atoms with Crippen molar-refractivity contribution in [2.75, 3.05) is 12.3 Å². The number of aryl methyl sites for hydroxylation is 1. The third-order valence-corrected chi connectivity index (χ3v) is 4.50. The van der Waals surface area contributed by atoms with Crippen molar-refractivity contribution in [3.05, 3.63) is 44.2 Å². The van der Waals surface area contributed by atoms with Gasteiger partial charge in [0.25, 0.3) is 0 Å². The predicted molar refractivity (Wildman–Crippen MR) is 80.9 cm³/mol. The largest absolute Gasteiger partial charge is 0.383 e. The van der Waals surface area contributed by atoms with Gasteiger partial charge in [0.05, 0.1) is 9.83 Å². The standard InChI is InChI=1S/C13H16BrN3S/c1-3-16-12(9-4-5-10(14)18-9)11-8(2)6-7-17-13(11)15/h4-7,12,16H,3H2,1-2H3,(H2,15,17). The molecule has 2 aromatic heterocycles. The third-order valence-electron chi connectivity index (χ3n) is 2.81. The summed E-state index contributed by atoms with van der Waals surface area (Å²) in [6, 6.07) is 6.29. The van der Waals surface area contributed by atoms with Crippen LogP contribution in [0.25, 0.3) is 0 Å². The van der Waals surface area contributed by atoms with Crippen LogP contribution in [0, 0.1) is 6.92 Å². The predicted octanol–water partition coefficient (Wildman–Crippen LogP) is 3.50. The van der Waals surface area contributed by atoms with Gasteiger partial charge in [-0.3, -0.25) is 0 Å². The number of anilines is 1. The van der Waals surface area contributed by atoms with E-state index in [-0.39, 0.29) is 6.04 Å². The summed E-state index contributed by atoms with van der Waals surface area (Å²) in [4.78, 5) is 5.45. The van der Waals surface area contributed by atoms with E-state index in [0.717, 1.165) is 21.5 Å². The first kappa shape index (κ1) is 13.5. The number of nitrogen functional groups attached to an aromatic ring is 1. The lowest BCUT2D eigenvalue weighted by Crippen LogP contribution is -2.23. The molecule has 0 aliphatic heterocycles. The highest BCUT2D eigenvalue weighted by atomic mass is 79.9. The molecule has 3 N–H and O–H groups in total. The van der Waals surface area contributed by atoms with E-state index in [1.807, 2.05) is 6.07 Å². The molecule has 2 aromatic rings. The summed E-state index contributed by atoms with van der Waals surface area (Å²) in [5, 5.41) is 3.48. The molecule has 0 aliphatic carbocycles. The average molecular weight is 326 g/mol. The molecule has 3 nitrogen and oxygen atoms in total. The van der Waals surface area contributed by atoms with Crippen LogP contribution in [0.15, 0.2) is 28.2 Å². The Balaban J connectivity index is 2.47. The molecule has 1 atom stereocenters.